The van der Waals surface area contributed by atoms with Gasteiger partial charge in [-0.1, -0.05) is 62.2 Å². The number of halogens is 2. The number of aliphatic imine (C=N–C) groups is 1. The lowest BCUT2D eigenvalue weighted by molar-refractivity contribution is -0.129. The maximum Gasteiger partial charge on any atom is 0.363 e. The standard InChI is InChI=1S/C23H15Br2NO3/c24-18-10-8-16(9-11-18)22-26-20(23(27)29-22)13-17-5-1-2-7-21(17)28-14-15-4-3-6-19(25)12-15/h1-13H,14H2/b20-13-. The lowest BCUT2D eigenvalue weighted by atomic mass is 10.1. The molecule has 1 aliphatic heterocycles. The van der Waals surface area contributed by atoms with Gasteiger partial charge in [-0.05, 0) is 54.1 Å². The Kier molecular flexibility index (Phi) is 5.92. The fraction of sp³-hybridized carbons (Fsp3) is 0.0435. The molecule has 0 atom stereocenters. The lowest BCUT2D eigenvalue weighted by Crippen LogP contribution is -2.05. The summed E-state index contributed by atoms with van der Waals surface area (Å²) in [7, 11) is 0. The van der Waals surface area contributed by atoms with Crippen molar-refractivity contribution in [2.45, 2.75) is 6.61 Å². The second-order valence-corrected chi connectivity index (χ2v) is 8.13. The molecule has 29 heavy (non-hydrogen) atoms. The number of esters is 1. The molecule has 0 aromatic heterocycles. The van der Waals surface area contributed by atoms with Gasteiger partial charge in [-0.15, -0.1) is 0 Å². The number of benzene rings is 3. The van der Waals surface area contributed by atoms with E-state index in [1.165, 1.54) is 0 Å². The first-order valence-corrected chi connectivity index (χ1v) is 10.4. The van der Waals surface area contributed by atoms with Gasteiger partial charge in [0.2, 0.25) is 5.90 Å². The third-order valence-corrected chi connectivity index (χ3v) is 5.23. The van der Waals surface area contributed by atoms with Crippen LogP contribution in [0.25, 0.3) is 6.08 Å². The van der Waals surface area contributed by atoms with Crippen molar-refractivity contribution < 1.29 is 14.3 Å². The molecule has 3 aromatic rings. The minimum absolute atomic E-state index is 0.237. The largest absolute Gasteiger partial charge is 0.488 e. The summed E-state index contributed by atoms with van der Waals surface area (Å²) in [6.07, 6.45) is 1.68. The highest BCUT2D eigenvalue weighted by Gasteiger charge is 2.24. The number of cyclic esters (lactones) is 1. The molecular formula is C23H15Br2NO3. The monoisotopic (exact) mass is 511 g/mol. The number of para-hydroxylation sites is 1. The summed E-state index contributed by atoms with van der Waals surface area (Å²) in [5, 5.41) is 0. The Hall–Kier alpha value is -2.70. The fourth-order valence-corrected chi connectivity index (χ4v) is 3.50. The van der Waals surface area contributed by atoms with E-state index in [0.717, 1.165) is 25.6 Å². The number of hydrogen-bond donors (Lipinski definition) is 0. The van der Waals surface area contributed by atoms with Gasteiger partial charge in [0.15, 0.2) is 5.70 Å². The molecule has 1 aliphatic rings. The smallest absolute Gasteiger partial charge is 0.363 e. The van der Waals surface area contributed by atoms with Crippen molar-refractivity contribution in [2.24, 2.45) is 4.99 Å². The van der Waals surface area contributed by atoms with Gasteiger partial charge >= 0.3 is 5.97 Å². The molecule has 1 heterocycles. The predicted octanol–water partition coefficient (Wildman–Crippen LogP) is 6.14. The molecule has 0 saturated carbocycles. The van der Waals surface area contributed by atoms with Crippen LogP contribution in [-0.2, 0) is 16.1 Å². The maximum absolute atomic E-state index is 12.3. The Morgan fingerprint density at radius 1 is 0.931 bits per heavy atom. The van der Waals surface area contributed by atoms with Crippen LogP contribution in [0.1, 0.15) is 16.7 Å². The second kappa shape index (κ2) is 8.76. The van der Waals surface area contributed by atoms with Crippen LogP contribution in [0, 0.1) is 0 Å². The van der Waals surface area contributed by atoms with Gasteiger partial charge in [0.25, 0.3) is 0 Å². The van der Waals surface area contributed by atoms with Crippen molar-refractivity contribution >= 4 is 49.8 Å². The average Bonchev–Trinajstić information content (AvgIpc) is 3.08. The Morgan fingerprint density at radius 2 is 1.72 bits per heavy atom. The first-order valence-electron chi connectivity index (χ1n) is 8.83. The number of nitrogens with zero attached hydrogens (tertiary/aromatic N) is 1. The zero-order chi connectivity index (χ0) is 20.2. The first-order chi connectivity index (χ1) is 14.1. The molecule has 0 amide bonds. The molecule has 6 heteroatoms. The van der Waals surface area contributed by atoms with Gasteiger partial charge in [-0.3, -0.25) is 0 Å². The average molecular weight is 513 g/mol. The molecule has 144 valence electrons. The van der Waals surface area contributed by atoms with Crippen LogP contribution in [0.3, 0.4) is 0 Å². The van der Waals surface area contributed by atoms with Crippen molar-refractivity contribution in [3.8, 4) is 5.75 Å². The van der Waals surface area contributed by atoms with E-state index in [2.05, 4.69) is 36.9 Å². The van der Waals surface area contributed by atoms with Crippen molar-refractivity contribution in [1.82, 2.24) is 0 Å². The summed E-state index contributed by atoms with van der Waals surface area (Å²) in [4.78, 5) is 16.7. The van der Waals surface area contributed by atoms with Crippen molar-refractivity contribution in [2.75, 3.05) is 0 Å². The minimum Gasteiger partial charge on any atom is -0.488 e. The van der Waals surface area contributed by atoms with E-state index in [4.69, 9.17) is 9.47 Å². The van der Waals surface area contributed by atoms with Crippen LogP contribution in [-0.4, -0.2) is 11.9 Å². The first kappa shape index (κ1) is 19.6. The Bertz CT molecular complexity index is 1120. The molecule has 0 bridgehead atoms. The summed E-state index contributed by atoms with van der Waals surface area (Å²) >= 11 is 6.85. The number of carbonyl (C=O) groups excluding carboxylic acids is 1. The SMILES string of the molecule is O=C1OC(c2ccc(Br)cc2)=N/C1=C\c1ccccc1OCc1cccc(Br)c1. The quantitative estimate of drug-likeness (QED) is 0.305. The molecule has 4 nitrogen and oxygen atoms in total. The minimum atomic E-state index is -0.482. The molecule has 0 unspecified atom stereocenters. The van der Waals surface area contributed by atoms with Crippen molar-refractivity contribution in [1.29, 1.82) is 0 Å². The molecule has 0 aliphatic carbocycles. The summed E-state index contributed by atoms with van der Waals surface area (Å²) < 4.78 is 13.3. The Labute approximate surface area is 185 Å². The van der Waals surface area contributed by atoms with E-state index in [1.807, 2.05) is 72.8 Å². The highest BCUT2D eigenvalue weighted by Crippen LogP contribution is 2.26. The van der Waals surface area contributed by atoms with Crippen molar-refractivity contribution in [3.63, 3.8) is 0 Å². The van der Waals surface area contributed by atoms with Gasteiger partial charge in [-0.25, -0.2) is 9.79 Å². The molecule has 0 spiro atoms. The van der Waals surface area contributed by atoms with E-state index >= 15 is 0 Å². The number of ether oxygens (including phenoxy) is 2. The molecule has 0 radical (unpaired) electrons. The lowest BCUT2D eigenvalue weighted by Gasteiger charge is -2.09. The van der Waals surface area contributed by atoms with Crippen LogP contribution >= 0.6 is 31.9 Å². The normalized spacial score (nSPS) is 14.6. The Balaban J connectivity index is 1.57. The third-order valence-electron chi connectivity index (χ3n) is 4.21. The van der Waals surface area contributed by atoms with E-state index in [0.29, 0.717) is 18.3 Å². The topological polar surface area (TPSA) is 47.9 Å². The van der Waals surface area contributed by atoms with E-state index in [9.17, 15) is 4.79 Å². The number of hydrogen-bond acceptors (Lipinski definition) is 4. The Morgan fingerprint density at radius 3 is 2.52 bits per heavy atom. The van der Waals surface area contributed by atoms with Crippen LogP contribution < -0.4 is 4.74 Å². The highest BCUT2D eigenvalue weighted by molar-refractivity contribution is 9.10. The molecule has 3 aromatic carbocycles. The summed E-state index contributed by atoms with van der Waals surface area (Å²) in [6.45, 7) is 0.414. The molecule has 4 rings (SSSR count). The van der Waals surface area contributed by atoms with Gasteiger partial charge < -0.3 is 9.47 Å². The number of rotatable bonds is 5. The predicted molar refractivity (Wildman–Crippen MR) is 120 cm³/mol. The van der Waals surface area contributed by atoms with Crippen LogP contribution in [0.15, 0.2) is 92.4 Å². The summed E-state index contributed by atoms with van der Waals surface area (Å²) in [5.41, 5.74) is 2.78. The zero-order valence-electron chi connectivity index (χ0n) is 15.1. The van der Waals surface area contributed by atoms with Crippen LogP contribution in [0.5, 0.6) is 5.75 Å². The van der Waals surface area contributed by atoms with Gasteiger partial charge in [0.1, 0.15) is 12.4 Å². The van der Waals surface area contributed by atoms with E-state index in [-0.39, 0.29) is 5.70 Å². The fourth-order valence-electron chi connectivity index (χ4n) is 2.79. The van der Waals surface area contributed by atoms with Crippen LogP contribution in [0.2, 0.25) is 0 Å². The summed E-state index contributed by atoms with van der Waals surface area (Å²) in [6, 6.07) is 22.9. The molecule has 0 N–H and O–H groups in total. The van der Waals surface area contributed by atoms with Crippen LogP contribution in [0.4, 0.5) is 0 Å². The molecule has 0 fully saturated rings. The third kappa shape index (κ3) is 4.83. The van der Waals surface area contributed by atoms with Gasteiger partial charge in [-0.2, -0.15) is 0 Å². The molecule has 0 saturated heterocycles. The highest BCUT2D eigenvalue weighted by atomic mass is 79.9. The van der Waals surface area contributed by atoms with Crippen molar-refractivity contribution in [3.05, 3.63) is 104 Å². The van der Waals surface area contributed by atoms with E-state index in [1.54, 1.807) is 6.08 Å². The van der Waals surface area contributed by atoms with Gasteiger partial charge in [0, 0.05) is 20.1 Å². The summed E-state index contributed by atoms with van der Waals surface area (Å²) in [5.74, 6) is 0.478. The van der Waals surface area contributed by atoms with Gasteiger partial charge in [0.05, 0.1) is 0 Å². The number of carbonyl (C=O) groups is 1. The maximum atomic E-state index is 12.3. The van der Waals surface area contributed by atoms with E-state index < -0.39 is 5.97 Å². The molecular weight excluding hydrogens is 498 g/mol. The second-order valence-electron chi connectivity index (χ2n) is 6.30. The zero-order valence-corrected chi connectivity index (χ0v) is 18.3.